The molecule has 0 saturated carbocycles. The number of thioether (sulfide) groups is 1. The van der Waals surface area contributed by atoms with Gasteiger partial charge in [-0.3, -0.25) is 9.59 Å². The van der Waals surface area contributed by atoms with E-state index in [4.69, 9.17) is 5.11 Å². The summed E-state index contributed by atoms with van der Waals surface area (Å²) in [5.74, 6) is 0.549. The Labute approximate surface area is 136 Å². The molecule has 1 aliphatic rings. The monoisotopic (exact) mass is 369 g/mol. The lowest BCUT2D eigenvalue weighted by molar-refractivity contribution is -0.139. The molecule has 1 fully saturated rings. The van der Waals surface area contributed by atoms with E-state index in [1.807, 2.05) is 24.3 Å². The van der Waals surface area contributed by atoms with Gasteiger partial charge in [-0.05, 0) is 23.8 Å². The van der Waals surface area contributed by atoms with Gasteiger partial charge in [-0.2, -0.15) is 11.8 Å². The fourth-order valence-corrected chi connectivity index (χ4v) is 3.67. The number of carboxylic acids is 1. The van der Waals surface area contributed by atoms with E-state index in [9.17, 15) is 9.59 Å². The molecule has 112 valence electrons. The second-order valence-electron chi connectivity index (χ2n) is 4.75. The van der Waals surface area contributed by atoms with Gasteiger partial charge < -0.3 is 10.0 Å². The van der Waals surface area contributed by atoms with E-state index in [0.29, 0.717) is 12.3 Å². The molecule has 1 unspecified atom stereocenters. The van der Waals surface area contributed by atoms with Crippen molar-refractivity contribution in [1.29, 1.82) is 0 Å². The number of hydrogen-bond acceptors (Lipinski definition) is 3. The lowest BCUT2D eigenvalue weighted by Crippen LogP contribution is -2.46. The van der Waals surface area contributed by atoms with Crippen LogP contribution in [0.2, 0.25) is 0 Å². The number of carbonyl (C=O) groups is 2. The summed E-state index contributed by atoms with van der Waals surface area (Å²) in [7, 11) is 0. The van der Waals surface area contributed by atoms with E-state index >= 15 is 0 Å². The number of benzene rings is 1. The molecule has 1 amide bonds. The van der Waals surface area contributed by atoms with Crippen LogP contribution >= 0.6 is 27.7 Å². The van der Waals surface area contributed by atoms with E-state index in [1.54, 1.807) is 22.7 Å². The third-order valence-electron chi connectivity index (χ3n) is 3.19. The fraction of sp³-hybridized carbons (Fsp3) is 0.333. The molecule has 1 heterocycles. The van der Waals surface area contributed by atoms with Gasteiger partial charge in [0.15, 0.2) is 0 Å². The zero-order valence-electron chi connectivity index (χ0n) is 11.4. The summed E-state index contributed by atoms with van der Waals surface area (Å²) in [6.07, 6.45) is 3.28. The first-order valence-electron chi connectivity index (χ1n) is 6.60. The quantitative estimate of drug-likeness (QED) is 0.829. The lowest BCUT2D eigenvalue weighted by Gasteiger charge is -2.33. The van der Waals surface area contributed by atoms with Crippen molar-refractivity contribution in [3.05, 3.63) is 40.4 Å². The molecule has 1 atom stereocenters. The van der Waals surface area contributed by atoms with Gasteiger partial charge in [-0.25, -0.2) is 0 Å². The van der Waals surface area contributed by atoms with E-state index < -0.39 is 5.97 Å². The summed E-state index contributed by atoms with van der Waals surface area (Å²) in [5.41, 5.74) is 0.930. The molecule has 0 aliphatic carbocycles. The number of nitrogens with zero attached hydrogens (tertiary/aromatic N) is 1. The first-order chi connectivity index (χ1) is 10.1. The minimum atomic E-state index is -0.865. The normalized spacial score (nSPS) is 18.9. The van der Waals surface area contributed by atoms with Crippen molar-refractivity contribution < 1.29 is 14.7 Å². The summed E-state index contributed by atoms with van der Waals surface area (Å²) in [6, 6.07) is 7.43. The van der Waals surface area contributed by atoms with Crippen molar-refractivity contribution in [2.75, 3.05) is 18.1 Å². The maximum atomic E-state index is 12.3. The molecule has 1 aromatic carbocycles. The Morgan fingerprint density at radius 2 is 2.29 bits per heavy atom. The largest absolute Gasteiger partial charge is 0.481 e. The second kappa shape index (κ2) is 7.66. The van der Waals surface area contributed by atoms with Crippen LogP contribution in [0, 0.1) is 0 Å². The van der Waals surface area contributed by atoms with Gasteiger partial charge in [0.05, 0.1) is 12.5 Å². The number of halogens is 1. The van der Waals surface area contributed by atoms with Gasteiger partial charge in [0.25, 0.3) is 0 Å². The van der Waals surface area contributed by atoms with Crippen molar-refractivity contribution >= 4 is 45.6 Å². The second-order valence-corrected chi connectivity index (χ2v) is 6.81. The maximum absolute atomic E-state index is 12.3. The molecule has 1 N–H and O–H groups in total. The summed E-state index contributed by atoms with van der Waals surface area (Å²) >= 11 is 5.08. The standard InChI is InChI=1S/C15H16BrNO3S/c16-12-3-1-2-11(8-12)4-5-14(18)17-6-7-21-10-13(17)9-15(19)20/h1-5,8,13H,6-7,9-10H2,(H,19,20). The molecule has 1 aromatic rings. The Bertz CT molecular complexity index is 562. The highest BCUT2D eigenvalue weighted by atomic mass is 79.9. The third kappa shape index (κ3) is 4.89. The molecule has 1 aliphatic heterocycles. The predicted octanol–water partition coefficient (Wildman–Crippen LogP) is 2.88. The van der Waals surface area contributed by atoms with Crippen molar-refractivity contribution in [2.24, 2.45) is 0 Å². The Kier molecular flexibility index (Phi) is 5.87. The van der Waals surface area contributed by atoms with Crippen LogP contribution in [0.3, 0.4) is 0 Å². The van der Waals surface area contributed by atoms with Crippen LogP contribution in [0.5, 0.6) is 0 Å². The number of amides is 1. The molecule has 6 heteroatoms. The van der Waals surface area contributed by atoms with E-state index in [1.165, 1.54) is 6.08 Å². The zero-order chi connectivity index (χ0) is 15.2. The number of rotatable bonds is 4. The van der Waals surface area contributed by atoms with Crippen LogP contribution in [-0.2, 0) is 9.59 Å². The third-order valence-corrected chi connectivity index (χ3v) is 4.77. The Hall–Kier alpha value is -1.27. The van der Waals surface area contributed by atoms with E-state index in [2.05, 4.69) is 15.9 Å². The van der Waals surface area contributed by atoms with Crippen LogP contribution in [-0.4, -0.2) is 46.0 Å². The smallest absolute Gasteiger partial charge is 0.305 e. The Morgan fingerprint density at radius 1 is 1.48 bits per heavy atom. The minimum Gasteiger partial charge on any atom is -0.481 e. The Balaban J connectivity index is 2.05. The summed E-state index contributed by atoms with van der Waals surface area (Å²) in [6.45, 7) is 0.601. The average molecular weight is 370 g/mol. The maximum Gasteiger partial charge on any atom is 0.305 e. The van der Waals surface area contributed by atoms with Crippen molar-refractivity contribution in [3.63, 3.8) is 0 Å². The van der Waals surface area contributed by atoms with Gasteiger partial charge in [0.1, 0.15) is 0 Å². The summed E-state index contributed by atoms with van der Waals surface area (Å²) in [4.78, 5) is 24.8. The van der Waals surface area contributed by atoms with Gasteiger partial charge in [0.2, 0.25) is 5.91 Å². The molecule has 0 bridgehead atoms. The molecule has 0 radical (unpaired) electrons. The minimum absolute atomic E-state index is 0.00344. The SMILES string of the molecule is O=C(O)CC1CSCCN1C(=O)C=Cc1cccc(Br)c1. The van der Waals surface area contributed by atoms with Crippen LogP contribution in [0.25, 0.3) is 6.08 Å². The lowest BCUT2D eigenvalue weighted by atomic mass is 10.1. The highest BCUT2D eigenvalue weighted by Gasteiger charge is 2.27. The average Bonchev–Trinajstić information content (AvgIpc) is 2.45. The number of carboxylic acid groups (broad SMARTS) is 1. The predicted molar refractivity (Wildman–Crippen MR) is 88.3 cm³/mol. The van der Waals surface area contributed by atoms with Crippen molar-refractivity contribution in [1.82, 2.24) is 4.90 Å². The van der Waals surface area contributed by atoms with Crippen LogP contribution in [0.1, 0.15) is 12.0 Å². The zero-order valence-corrected chi connectivity index (χ0v) is 13.8. The van der Waals surface area contributed by atoms with Crippen LogP contribution < -0.4 is 0 Å². The number of hydrogen-bond donors (Lipinski definition) is 1. The molecule has 0 spiro atoms. The highest BCUT2D eigenvalue weighted by molar-refractivity contribution is 9.10. The molecular weight excluding hydrogens is 354 g/mol. The van der Waals surface area contributed by atoms with Gasteiger partial charge in [-0.1, -0.05) is 28.1 Å². The molecule has 1 saturated heterocycles. The Morgan fingerprint density at radius 3 is 3.00 bits per heavy atom. The molecule has 21 heavy (non-hydrogen) atoms. The molecule has 0 aromatic heterocycles. The summed E-state index contributed by atoms with van der Waals surface area (Å²) in [5, 5.41) is 8.93. The first-order valence-corrected chi connectivity index (χ1v) is 8.55. The van der Waals surface area contributed by atoms with Crippen LogP contribution in [0.4, 0.5) is 0 Å². The van der Waals surface area contributed by atoms with E-state index in [-0.39, 0.29) is 18.4 Å². The number of aliphatic carboxylic acids is 1. The number of carbonyl (C=O) groups excluding carboxylic acids is 1. The van der Waals surface area contributed by atoms with Crippen molar-refractivity contribution in [3.8, 4) is 0 Å². The van der Waals surface area contributed by atoms with Gasteiger partial charge in [-0.15, -0.1) is 0 Å². The topological polar surface area (TPSA) is 57.6 Å². The first kappa shape index (κ1) is 16.1. The van der Waals surface area contributed by atoms with Crippen LogP contribution in [0.15, 0.2) is 34.8 Å². The molecule has 2 rings (SSSR count). The van der Waals surface area contributed by atoms with E-state index in [0.717, 1.165) is 15.8 Å². The summed E-state index contributed by atoms with van der Waals surface area (Å²) < 4.78 is 0.954. The van der Waals surface area contributed by atoms with Crippen molar-refractivity contribution in [2.45, 2.75) is 12.5 Å². The molecular formula is C15H16BrNO3S. The molecule has 4 nitrogen and oxygen atoms in total. The fourth-order valence-electron chi connectivity index (χ4n) is 2.19. The highest BCUT2D eigenvalue weighted by Crippen LogP contribution is 2.20. The van der Waals surface area contributed by atoms with Gasteiger partial charge in [0, 0.05) is 28.6 Å². The van der Waals surface area contributed by atoms with Gasteiger partial charge >= 0.3 is 5.97 Å².